The average molecular weight is 187 g/mol. The van der Waals surface area contributed by atoms with Gasteiger partial charge in [0.05, 0.1) is 12.7 Å². The van der Waals surface area contributed by atoms with Crippen LogP contribution in [0.15, 0.2) is 16.8 Å². The summed E-state index contributed by atoms with van der Waals surface area (Å²) < 4.78 is 4.79. The molecule has 0 saturated carbocycles. The van der Waals surface area contributed by atoms with Crippen molar-refractivity contribution in [1.29, 1.82) is 0 Å². The molecule has 0 aromatic carbocycles. The van der Waals surface area contributed by atoms with Crippen molar-refractivity contribution in [2.24, 2.45) is 0 Å². The number of hydrogen-bond acceptors (Lipinski definition) is 4. The zero-order valence-electron chi connectivity index (χ0n) is 6.99. The van der Waals surface area contributed by atoms with E-state index in [1.165, 1.54) is 0 Å². The van der Waals surface area contributed by atoms with Gasteiger partial charge in [0, 0.05) is 24.7 Å². The van der Waals surface area contributed by atoms with Gasteiger partial charge < -0.3 is 15.2 Å². The van der Waals surface area contributed by atoms with Gasteiger partial charge in [-0.2, -0.15) is 11.3 Å². The highest BCUT2D eigenvalue weighted by Crippen LogP contribution is 2.11. The van der Waals surface area contributed by atoms with Gasteiger partial charge in [-0.1, -0.05) is 0 Å². The van der Waals surface area contributed by atoms with Crippen molar-refractivity contribution in [1.82, 2.24) is 0 Å². The lowest BCUT2D eigenvalue weighted by atomic mass is 10.3. The normalized spacial score (nSPS) is 12.8. The van der Waals surface area contributed by atoms with Crippen molar-refractivity contribution in [2.75, 3.05) is 25.6 Å². The Bertz CT molecular complexity index is 201. The van der Waals surface area contributed by atoms with Crippen LogP contribution in [-0.2, 0) is 4.74 Å². The Morgan fingerprint density at radius 3 is 3.17 bits per heavy atom. The fraction of sp³-hybridized carbons (Fsp3) is 0.500. The van der Waals surface area contributed by atoms with Crippen LogP contribution < -0.4 is 5.32 Å². The number of methoxy groups -OCH3 is 1. The minimum absolute atomic E-state index is 0.372. The van der Waals surface area contributed by atoms with Crippen molar-refractivity contribution >= 4 is 17.0 Å². The molecule has 1 atom stereocenters. The van der Waals surface area contributed by atoms with E-state index >= 15 is 0 Å². The molecule has 0 saturated heterocycles. The maximum Gasteiger partial charge on any atom is 0.0945 e. The van der Waals surface area contributed by atoms with Gasteiger partial charge in [-0.25, -0.2) is 0 Å². The smallest absolute Gasteiger partial charge is 0.0945 e. The van der Waals surface area contributed by atoms with Crippen LogP contribution >= 0.6 is 11.3 Å². The Balaban J connectivity index is 2.17. The summed E-state index contributed by atoms with van der Waals surface area (Å²) in [6.45, 7) is 0.904. The summed E-state index contributed by atoms with van der Waals surface area (Å²) in [5.41, 5.74) is 1.05. The van der Waals surface area contributed by atoms with Crippen LogP contribution in [0, 0.1) is 0 Å². The van der Waals surface area contributed by atoms with Crippen LogP contribution in [-0.4, -0.2) is 31.5 Å². The number of aliphatic hydroxyl groups excluding tert-OH is 1. The highest BCUT2D eigenvalue weighted by molar-refractivity contribution is 7.08. The average Bonchev–Trinajstić information content (AvgIpc) is 2.53. The van der Waals surface area contributed by atoms with Gasteiger partial charge in [-0.15, -0.1) is 0 Å². The molecule has 0 fully saturated rings. The molecule has 1 heterocycles. The van der Waals surface area contributed by atoms with Gasteiger partial charge >= 0.3 is 0 Å². The predicted octanol–water partition coefficient (Wildman–Crippen LogP) is 1.17. The maximum atomic E-state index is 9.26. The first-order valence-corrected chi connectivity index (χ1v) is 4.70. The quantitative estimate of drug-likeness (QED) is 0.727. The van der Waals surface area contributed by atoms with Gasteiger partial charge in [0.15, 0.2) is 0 Å². The number of rotatable bonds is 5. The first-order chi connectivity index (χ1) is 5.83. The fourth-order valence-corrected chi connectivity index (χ4v) is 1.46. The molecule has 0 amide bonds. The molecule has 0 aliphatic carbocycles. The third-order valence-corrected chi connectivity index (χ3v) is 2.11. The van der Waals surface area contributed by atoms with Crippen molar-refractivity contribution in [3.63, 3.8) is 0 Å². The van der Waals surface area contributed by atoms with Crippen LogP contribution in [0.2, 0.25) is 0 Å². The van der Waals surface area contributed by atoms with Gasteiger partial charge in [-0.05, 0) is 11.4 Å². The minimum atomic E-state index is -0.435. The van der Waals surface area contributed by atoms with Crippen LogP contribution in [0.1, 0.15) is 0 Å². The summed E-state index contributed by atoms with van der Waals surface area (Å²) in [4.78, 5) is 0. The molecule has 68 valence electrons. The highest BCUT2D eigenvalue weighted by atomic mass is 32.1. The molecular formula is C8H13NO2S. The second kappa shape index (κ2) is 5.13. The monoisotopic (exact) mass is 187 g/mol. The third kappa shape index (κ3) is 3.21. The largest absolute Gasteiger partial charge is 0.389 e. The zero-order chi connectivity index (χ0) is 8.81. The van der Waals surface area contributed by atoms with Crippen molar-refractivity contribution < 1.29 is 9.84 Å². The molecule has 4 heteroatoms. The van der Waals surface area contributed by atoms with E-state index < -0.39 is 6.10 Å². The molecule has 0 aliphatic heterocycles. The van der Waals surface area contributed by atoms with E-state index in [9.17, 15) is 5.11 Å². The molecule has 0 spiro atoms. The molecule has 0 bridgehead atoms. The number of hydrogen-bond donors (Lipinski definition) is 2. The van der Waals surface area contributed by atoms with E-state index in [4.69, 9.17) is 4.74 Å². The third-order valence-electron chi connectivity index (χ3n) is 1.42. The molecular weight excluding hydrogens is 174 g/mol. The molecule has 2 N–H and O–H groups in total. The van der Waals surface area contributed by atoms with Gasteiger partial charge in [0.1, 0.15) is 0 Å². The number of anilines is 1. The maximum absolute atomic E-state index is 9.26. The first kappa shape index (κ1) is 9.51. The van der Waals surface area contributed by atoms with Gasteiger partial charge in [0.2, 0.25) is 0 Å². The Labute approximate surface area is 76.0 Å². The lowest BCUT2D eigenvalue weighted by molar-refractivity contribution is 0.0727. The molecule has 1 unspecified atom stereocenters. The first-order valence-electron chi connectivity index (χ1n) is 3.76. The SMILES string of the molecule is COCC(O)CNc1ccsc1. The molecule has 1 aromatic rings. The number of thiophene rings is 1. The molecule has 3 nitrogen and oxygen atoms in total. The van der Waals surface area contributed by atoms with Crippen molar-refractivity contribution in [3.05, 3.63) is 16.8 Å². The fourth-order valence-electron chi connectivity index (χ4n) is 0.852. The van der Waals surface area contributed by atoms with Crippen LogP contribution in [0.4, 0.5) is 5.69 Å². The Hall–Kier alpha value is -0.580. The van der Waals surface area contributed by atoms with E-state index in [-0.39, 0.29) is 0 Å². The van der Waals surface area contributed by atoms with E-state index in [2.05, 4.69) is 5.32 Å². The summed E-state index contributed by atoms with van der Waals surface area (Å²) in [5.74, 6) is 0. The Morgan fingerprint density at radius 2 is 2.58 bits per heavy atom. The molecule has 0 aliphatic rings. The van der Waals surface area contributed by atoms with E-state index in [1.54, 1.807) is 18.4 Å². The Morgan fingerprint density at radius 1 is 1.75 bits per heavy atom. The predicted molar refractivity (Wildman–Crippen MR) is 50.7 cm³/mol. The second-order valence-corrected chi connectivity index (χ2v) is 3.28. The Kier molecular flexibility index (Phi) is 4.07. The lowest BCUT2D eigenvalue weighted by Gasteiger charge is -2.09. The highest BCUT2D eigenvalue weighted by Gasteiger charge is 2.01. The molecule has 1 rings (SSSR count). The standard InChI is InChI=1S/C8H13NO2S/c1-11-5-8(10)4-9-7-2-3-12-6-7/h2-3,6,8-10H,4-5H2,1H3. The summed E-state index contributed by atoms with van der Waals surface area (Å²) >= 11 is 1.63. The van der Waals surface area contributed by atoms with E-state index in [1.807, 2.05) is 16.8 Å². The topological polar surface area (TPSA) is 41.5 Å². The molecule has 1 aromatic heterocycles. The van der Waals surface area contributed by atoms with Crippen LogP contribution in [0.5, 0.6) is 0 Å². The summed E-state index contributed by atoms with van der Waals surface area (Å²) in [6.07, 6.45) is -0.435. The number of aliphatic hydroxyl groups is 1. The van der Waals surface area contributed by atoms with Crippen molar-refractivity contribution in [3.8, 4) is 0 Å². The molecule has 0 radical (unpaired) electrons. The van der Waals surface area contributed by atoms with E-state index in [0.717, 1.165) is 5.69 Å². The number of ether oxygens (including phenoxy) is 1. The lowest BCUT2D eigenvalue weighted by Crippen LogP contribution is -2.23. The summed E-state index contributed by atoms with van der Waals surface area (Å²) in [5, 5.41) is 16.3. The summed E-state index contributed by atoms with van der Waals surface area (Å²) in [6, 6.07) is 1.98. The molecule has 12 heavy (non-hydrogen) atoms. The van der Waals surface area contributed by atoms with Gasteiger partial charge in [0.25, 0.3) is 0 Å². The second-order valence-electron chi connectivity index (χ2n) is 2.50. The van der Waals surface area contributed by atoms with Crippen molar-refractivity contribution in [2.45, 2.75) is 6.10 Å². The number of nitrogens with one attached hydrogen (secondary N) is 1. The zero-order valence-corrected chi connectivity index (χ0v) is 7.80. The van der Waals surface area contributed by atoms with Crippen LogP contribution in [0.3, 0.4) is 0 Å². The van der Waals surface area contributed by atoms with Gasteiger partial charge in [-0.3, -0.25) is 0 Å². The summed E-state index contributed by atoms with van der Waals surface area (Å²) in [7, 11) is 1.58. The minimum Gasteiger partial charge on any atom is -0.389 e. The van der Waals surface area contributed by atoms with Crippen LogP contribution in [0.25, 0.3) is 0 Å². The van der Waals surface area contributed by atoms with E-state index in [0.29, 0.717) is 13.2 Å².